The van der Waals surface area contributed by atoms with Gasteiger partial charge in [-0.25, -0.2) is 0 Å². The topological polar surface area (TPSA) is 62.3 Å². The molecule has 1 aliphatic heterocycles. The molecule has 1 atom stereocenters. The van der Waals surface area contributed by atoms with Gasteiger partial charge in [0.15, 0.2) is 0 Å². The third kappa shape index (κ3) is 3.39. The summed E-state index contributed by atoms with van der Waals surface area (Å²) in [5.74, 6) is 0.0519. The Labute approximate surface area is 119 Å². The number of anilines is 1. The van der Waals surface area contributed by atoms with Crippen molar-refractivity contribution in [2.24, 2.45) is 5.73 Å². The summed E-state index contributed by atoms with van der Waals surface area (Å²) >= 11 is 5.98. The Morgan fingerprint density at radius 1 is 1.58 bits per heavy atom. The molecule has 19 heavy (non-hydrogen) atoms. The van der Waals surface area contributed by atoms with Crippen LogP contribution in [0.4, 0.5) is 5.69 Å². The van der Waals surface area contributed by atoms with Gasteiger partial charge in [0, 0.05) is 36.0 Å². The van der Waals surface area contributed by atoms with Crippen molar-refractivity contribution in [2.45, 2.75) is 25.9 Å². The molecule has 1 heterocycles. The van der Waals surface area contributed by atoms with Crippen molar-refractivity contribution < 1.29 is 4.74 Å². The number of ether oxygens (including phenoxy) is 1. The predicted octanol–water partition coefficient (Wildman–Crippen LogP) is 2.63. The lowest BCUT2D eigenvalue weighted by Gasteiger charge is -2.35. The SMILES string of the molecule is CCOC1CCCN(c2ccc(Cl)cc2C(=N)N)C1. The van der Waals surface area contributed by atoms with E-state index in [9.17, 15) is 0 Å². The molecular formula is C14H20ClN3O. The number of nitrogens with one attached hydrogen (secondary N) is 1. The second kappa shape index (κ2) is 6.26. The molecule has 0 bridgehead atoms. The van der Waals surface area contributed by atoms with Crippen LogP contribution in [-0.4, -0.2) is 31.6 Å². The van der Waals surface area contributed by atoms with E-state index in [0.717, 1.165) is 38.2 Å². The van der Waals surface area contributed by atoms with E-state index in [-0.39, 0.29) is 11.9 Å². The van der Waals surface area contributed by atoms with E-state index in [1.165, 1.54) is 0 Å². The van der Waals surface area contributed by atoms with Crippen LogP contribution in [0, 0.1) is 5.41 Å². The lowest BCUT2D eigenvalue weighted by Crippen LogP contribution is -2.40. The first-order chi connectivity index (χ1) is 9.11. The first-order valence-corrected chi connectivity index (χ1v) is 7.00. The van der Waals surface area contributed by atoms with Crippen LogP contribution >= 0.6 is 11.6 Å². The molecule has 1 aromatic rings. The average molecular weight is 282 g/mol. The Morgan fingerprint density at radius 2 is 2.37 bits per heavy atom. The van der Waals surface area contributed by atoms with E-state index in [1.54, 1.807) is 6.07 Å². The van der Waals surface area contributed by atoms with Gasteiger partial charge in [-0.15, -0.1) is 0 Å². The van der Waals surface area contributed by atoms with Crippen LogP contribution in [0.3, 0.4) is 0 Å². The van der Waals surface area contributed by atoms with Crippen molar-refractivity contribution in [1.82, 2.24) is 0 Å². The number of amidine groups is 1. The molecular weight excluding hydrogens is 262 g/mol. The van der Waals surface area contributed by atoms with Crippen LogP contribution in [0.1, 0.15) is 25.3 Å². The summed E-state index contributed by atoms with van der Waals surface area (Å²) in [6.45, 7) is 4.56. The molecule has 3 N–H and O–H groups in total. The van der Waals surface area contributed by atoms with Crippen molar-refractivity contribution in [3.8, 4) is 0 Å². The smallest absolute Gasteiger partial charge is 0.124 e. The highest BCUT2D eigenvalue weighted by Crippen LogP contribution is 2.27. The third-order valence-corrected chi connectivity index (χ3v) is 3.61. The van der Waals surface area contributed by atoms with Crippen LogP contribution in [0.2, 0.25) is 5.02 Å². The summed E-state index contributed by atoms with van der Waals surface area (Å²) < 4.78 is 5.71. The Hall–Kier alpha value is -1.26. The van der Waals surface area contributed by atoms with E-state index < -0.39 is 0 Å². The molecule has 0 radical (unpaired) electrons. The molecule has 1 fully saturated rings. The van der Waals surface area contributed by atoms with Crippen LogP contribution in [-0.2, 0) is 4.74 Å². The standard InChI is InChI=1S/C14H20ClN3O/c1-2-19-11-4-3-7-18(9-11)13-6-5-10(15)8-12(13)14(16)17/h5-6,8,11H,2-4,7,9H2,1H3,(H3,16,17). The first-order valence-electron chi connectivity index (χ1n) is 6.62. The van der Waals surface area contributed by atoms with Gasteiger partial charge < -0.3 is 15.4 Å². The van der Waals surface area contributed by atoms with Gasteiger partial charge in [-0.3, -0.25) is 5.41 Å². The summed E-state index contributed by atoms with van der Waals surface area (Å²) in [7, 11) is 0. The van der Waals surface area contributed by atoms with Gasteiger partial charge in [0.05, 0.1) is 6.10 Å². The highest BCUT2D eigenvalue weighted by molar-refractivity contribution is 6.31. The van der Waals surface area contributed by atoms with Gasteiger partial charge in [0.2, 0.25) is 0 Å². The van der Waals surface area contributed by atoms with Gasteiger partial charge >= 0.3 is 0 Å². The summed E-state index contributed by atoms with van der Waals surface area (Å²) in [5.41, 5.74) is 7.32. The molecule has 0 saturated carbocycles. The minimum absolute atomic E-state index is 0.0519. The maximum Gasteiger partial charge on any atom is 0.124 e. The van der Waals surface area contributed by atoms with E-state index in [1.807, 2.05) is 19.1 Å². The maximum atomic E-state index is 7.68. The Bertz CT molecular complexity index is 462. The summed E-state index contributed by atoms with van der Waals surface area (Å²) in [5, 5.41) is 8.29. The van der Waals surface area contributed by atoms with E-state index >= 15 is 0 Å². The lowest BCUT2D eigenvalue weighted by atomic mass is 10.0. The zero-order valence-corrected chi connectivity index (χ0v) is 11.9. The summed E-state index contributed by atoms with van der Waals surface area (Å²) in [6, 6.07) is 5.53. The van der Waals surface area contributed by atoms with Gasteiger partial charge in [-0.1, -0.05) is 11.6 Å². The highest BCUT2D eigenvalue weighted by atomic mass is 35.5. The molecule has 0 aliphatic carbocycles. The molecule has 2 rings (SSSR count). The molecule has 1 saturated heterocycles. The number of hydrogen-bond acceptors (Lipinski definition) is 3. The van der Waals surface area contributed by atoms with Crippen molar-refractivity contribution in [3.63, 3.8) is 0 Å². The molecule has 4 nitrogen and oxygen atoms in total. The average Bonchev–Trinajstić information content (AvgIpc) is 2.39. The quantitative estimate of drug-likeness (QED) is 0.659. The van der Waals surface area contributed by atoms with Crippen LogP contribution < -0.4 is 10.6 Å². The van der Waals surface area contributed by atoms with Gasteiger partial charge in [0.1, 0.15) is 5.84 Å². The van der Waals surface area contributed by atoms with Crippen molar-refractivity contribution in [2.75, 3.05) is 24.6 Å². The Morgan fingerprint density at radius 3 is 3.05 bits per heavy atom. The number of halogens is 1. The number of hydrogen-bond donors (Lipinski definition) is 2. The van der Waals surface area contributed by atoms with Crippen molar-refractivity contribution in [3.05, 3.63) is 28.8 Å². The monoisotopic (exact) mass is 281 g/mol. The second-order valence-corrected chi connectivity index (χ2v) is 5.18. The third-order valence-electron chi connectivity index (χ3n) is 3.37. The van der Waals surface area contributed by atoms with E-state index in [0.29, 0.717) is 10.6 Å². The largest absolute Gasteiger partial charge is 0.384 e. The fourth-order valence-corrected chi connectivity index (χ4v) is 2.70. The number of nitrogens with two attached hydrogens (primary N) is 1. The van der Waals surface area contributed by atoms with Crippen molar-refractivity contribution >= 4 is 23.1 Å². The molecule has 0 amide bonds. The Kier molecular flexibility index (Phi) is 4.66. The first kappa shape index (κ1) is 14.2. The number of benzene rings is 1. The predicted molar refractivity (Wildman–Crippen MR) is 79.3 cm³/mol. The van der Waals surface area contributed by atoms with Crippen LogP contribution in [0.5, 0.6) is 0 Å². The Balaban J connectivity index is 2.23. The summed E-state index contributed by atoms with van der Waals surface area (Å²) in [4.78, 5) is 2.23. The van der Waals surface area contributed by atoms with Crippen molar-refractivity contribution in [1.29, 1.82) is 5.41 Å². The molecule has 1 aliphatic rings. The minimum Gasteiger partial charge on any atom is -0.384 e. The second-order valence-electron chi connectivity index (χ2n) is 4.74. The number of rotatable bonds is 4. The summed E-state index contributed by atoms with van der Waals surface area (Å²) in [6.07, 6.45) is 2.44. The highest BCUT2D eigenvalue weighted by Gasteiger charge is 2.22. The van der Waals surface area contributed by atoms with Gasteiger partial charge in [-0.2, -0.15) is 0 Å². The zero-order chi connectivity index (χ0) is 13.8. The number of nitrogen functional groups attached to an aromatic ring is 1. The normalized spacial score (nSPS) is 19.5. The molecule has 1 unspecified atom stereocenters. The van der Waals surface area contributed by atoms with E-state index in [4.69, 9.17) is 27.5 Å². The molecule has 0 aromatic heterocycles. The van der Waals surface area contributed by atoms with E-state index in [2.05, 4.69) is 4.90 Å². The van der Waals surface area contributed by atoms with Crippen LogP contribution in [0.15, 0.2) is 18.2 Å². The van der Waals surface area contributed by atoms with Gasteiger partial charge in [-0.05, 0) is 38.0 Å². The van der Waals surface area contributed by atoms with Gasteiger partial charge in [0.25, 0.3) is 0 Å². The molecule has 104 valence electrons. The minimum atomic E-state index is 0.0519. The zero-order valence-electron chi connectivity index (χ0n) is 11.2. The molecule has 1 aromatic carbocycles. The molecule has 0 spiro atoms. The fraction of sp³-hybridized carbons (Fsp3) is 0.500. The number of nitrogens with zero attached hydrogens (tertiary/aromatic N) is 1. The maximum absolute atomic E-state index is 7.68. The molecule has 5 heteroatoms. The fourth-order valence-electron chi connectivity index (χ4n) is 2.53. The van der Waals surface area contributed by atoms with Crippen LogP contribution in [0.25, 0.3) is 0 Å². The number of piperidine rings is 1. The lowest BCUT2D eigenvalue weighted by molar-refractivity contribution is 0.0526.